The third-order valence-electron chi connectivity index (χ3n) is 3.87. The summed E-state index contributed by atoms with van der Waals surface area (Å²) >= 11 is 0. The second kappa shape index (κ2) is 8.93. The zero-order valence-electron chi connectivity index (χ0n) is 12.2. The van der Waals surface area contributed by atoms with E-state index in [-0.39, 0.29) is 0 Å². The van der Waals surface area contributed by atoms with Gasteiger partial charge in [-0.3, -0.25) is 0 Å². The lowest BCUT2D eigenvalue weighted by molar-refractivity contribution is 0.313. The van der Waals surface area contributed by atoms with Crippen molar-refractivity contribution in [2.24, 2.45) is 11.8 Å². The van der Waals surface area contributed by atoms with E-state index in [2.05, 4.69) is 31.1 Å². The van der Waals surface area contributed by atoms with Crippen LogP contribution in [0.2, 0.25) is 0 Å². The number of hydrogen-bond acceptors (Lipinski definition) is 2. The van der Waals surface area contributed by atoms with E-state index in [9.17, 15) is 0 Å². The molecule has 0 amide bonds. The first-order valence-electron chi connectivity index (χ1n) is 7.59. The Balaban J connectivity index is 1.90. The number of unbranched alkanes of at least 4 members (excludes halogenated alkanes) is 3. The van der Waals surface area contributed by atoms with Gasteiger partial charge in [0.05, 0.1) is 0 Å². The van der Waals surface area contributed by atoms with Gasteiger partial charge in [0.15, 0.2) is 0 Å². The van der Waals surface area contributed by atoms with Crippen LogP contribution in [0.25, 0.3) is 0 Å². The highest BCUT2D eigenvalue weighted by atomic mass is 15.1. The van der Waals surface area contributed by atoms with Crippen LogP contribution >= 0.6 is 0 Å². The molecule has 0 aliphatic carbocycles. The average molecular weight is 240 g/mol. The van der Waals surface area contributed by atoms with Gasteiger partial charge in [-0.25, -0.2) is 0 Å². The highest BCUT2D eigenvalue weighted by Crippen LogP contribution is 2.16. The lowest BCUT2D eigenvalue weighted by Gasteiger charge is -2.15. The van der Waals surface area contributed by atoms with Crippen molar-refractivity contribution in [3.05, 3.63) is 0 Å². The first-order valence-corrected chi connectivity index (χ1v) is 7.59. The fraction of sp³-hybridized carbons (Fsp3) is 1.00. The van der Waals surface area contributed by atoms with Crippen LogP contribution in [0.15, 0.2) is 0 Å². The third kappa shape index (κ3) is 7.05. The SMILES string of the molecule is CNCC1CCN(CCCCCCC(C)C)C1. The Kier molecular flexibility index (Phi) is 7.87. The molecular weight excluding hydrogens is 208 g/mol. The van der Waals surface area contributed by atoms with Gasteiger partial charge in [0.25, 0.3) is 0 Å². The summed E-state index contributed by atoms with van der Waals surface area (Å²) in [5.74, 6) is 1.79. The van der Waals surface area contributed by atoms with Crippen molar-refractivity contribution in [2.75, 3.05) is 33.2 Å². The number of nitrogens with one attached hydrogen (secondary N) is 1. The first kappa shape index (κ1) is 15.0. The molecule has 0 bridgehead atoms. The summed E-state index contributed by atoms with van der Waals surface area (Å²) < 4.78 is 0. The van der Waals surface area contributed by atoms with Gasteiger partial charge < -0.3 is 10.2 Å². The smallest absolute Gasteiger partial charge is 0.00223 e. The standard InChI is InChI=1S/C15H32N2/c1-14(2)8-6-4-5-7-10-17-11-9-15(13-17)12-16-3/h14-16H,4-13H2,1-3H3. The summed E-state index contributed by atoms with van der Waals surface area (Å²) in [6.07, 6.45) is 8.51. The number of likely N-dealkylation sites (tertiary alicyclic amines) is 1. The van der Waals surface area contributed by atoms with E-state index in [0.29, 0.717) is 0 Å². The van der Waals surface area contributed by atoms with Gasteiger partial charge in [0.2, 0.25) is 0 Å². The van der Waals surface area contributed by atoms with Crippen LogP contribution in [0, 0.1) is 11.8 Å². The Hall–Kier alpha value is -0.0800. The molecule has 1 aliphatic heterocycles. The van der Waals surface area contributed by atoms with Crippen molar-refractivity contribution in [1.82, 2.24) is 10.2 Å². The van der Waals surface area contributed by atoms with Gasteiger partial charge in [-0.05, 0) is 51.4 Å². The molecular formula is C15H32N2. The summed E-state index contributed by atoms with van der Waals surface area (Å²) in [6.45, 7) is 9.84. The summed E-state index contributed by atoms with van der Waals surface area (Å²) in [7, 11) is 2.07. The lowest BCUT2D eigenvalue weighted by Crippen LogP contribution is -2.25. The molecule has 1 fully saturated rings. The Morgan fingerprint density at radius 2 is 1.94 bits per heavy atom. The van der Waals surface area contributed by atoms with Crippen LogP contribution in [0.1, 0.15) is 52.4 Å². The predicted octanol–water partition coefficient (Wildman–Crippen LogP) is 3.13. The molecule has 2 nitrogen and oxygen atoms in total. The van der Waals surface area contributed by atoms with E-state index < -0.39 is 0 Å². The normalized spacial score (nSPS) is 21.5. The quantitative estimate of drug-likeness (QED) is 0.623. The first-order chi connectivity index (χ1) is 8.22. The van der Waals surface area contributed by atoms with Crippen LogP contribution in [0.5, 0.6) is 0 Å². The topological polar surface area (TPSA) is 15.3 Å². The van der Waals surface area contributed by atoms with Crippen molar-refractivity contribution in [3.63, 3.8) is 0 Å². The Morgan fingerprint density at radius 1 is 1.18 bits per heavy atom. The van der Waals surface area contributed by atoms with Gasteiger partial charge in [0.1, 0.15) is 0 Å². The molecule has 0 aromatic carbocycles. The van der Waals surface area contributed by atoms with Crippen molar-refractivity contribution < 1.29 is 0 Å². The Morgan fingerprint density at radius 3 is 2.65 bits per heavy atom. The molecule has 1 N–H and O–H groups in total. The average Bonchev–Trinajstić information content (AvgIpc) is 2.71. The van der Waals surface area contributed by atoms with E-state index >= 15 is 0 Å². The Bertz CT molecular complexity index is 180. The monoisotopic (exact) mass is 240 g/mol. The van der Waals surface area contributed by atoms with Crippen LogP contribution in [-0.2, 0) is 0 Å². The molecule has 1 aliphatic rings. The summed E-state index contributed by atoms with van der Waals surface area (Å²) in [5.41, 5.74) is 0. The molecule has 0 radical (unpaired) electrons. The zero-order chi connectivity index (χ0) is 12.5. The summed E-state index contributed by atoms with van der Waals surface area (Å²) in [6, 6.07) is 0. The fourth-order valence-electron chi connectivity index (χ4n) is 2.81. The highest BCUT2D eigenvalue weighted by molar-refractivity contribution is 4.76. The molecule has 1 rings (SSSR count). The van der Waals surface area contributed by atoms with E-state index in [1.807, 2.05) is 0 Å². The van der Waals surface area contributed by atoms with Gasteiger partial charge in [0, 0.05) is 6.54 Å². The molecule has 102 valence electrons. The second-order valence-electron chi connectivity index (χ2n) is 6.11. The molecule has 0 aromatic rings. The lowest BCUT2D eigenvalue weighted by atomic mass is 10.0. The summed E-state index contributed by atoms with van der Waals surface area (Å²) in [4.78, 5) is 2.66. The number of hydrogen-bond donors (Lipinski definition) is 1. The maximum Gasteiger partial charge on any atom is 0.00223 e. The van der Waals surface area contributed by atoms with Crippen molar-refractivity contribution in [2.45, 2.75) is 52.4 Å². The van der Waals surface area contributed by atoms with E-state index in [1.54, 1.807) is 0 Å². The largest absolute Gasteiger partial charge is 0.319 e. The van der Waals surface area contributed by atoms with Crippen molar-refractivity contribution in [3.8, 4) is 0 Å². The van der Waals surface area contributed by atoms with Crippen LogP contribution in [0.3, 0.4) is 0 Å². The van der Waals surface area contributed by atoms with Gasteiger partial charge >= 0.3 is 0 Å². The van der Waals surface area contributed by atoms with Crippen molar-refractivity contribution >= 4 is 0 Å². The second-order valence-corrected chi connectivity index (χ2v) is 6.11. The maximum atomic E-state index is 3.30. The molecule has 0 aromatic heterocycles. The maximum absolute atomic E-state index is 3.30. The number of rotatable bonds is 9. The van der Waals surface area contributed by atoms with Gasteiger partial charge in [-0.15, -0.1) is 0 Å². The molecule has 1 heterocycles. The molecule has 0 spiro atoms. The zero-order valence-corrected chi connectivity index (χ0v) is 12.2. The van der Waals surface area contributed by atoms with E-state index in [0.717, 1.165) is 11.8 Å². The highest BCUT2D eigenvalue weighted by Gasteiger charge is 2.20. The molecule has 0 saturated carbocycles. The third-order valence-corrected chi connectivity index (χ3v) is 3.87. The molecule has 1 unspecified atom stereocenters. The molecule has 1 saturated heterocycles. The van der Waals surface area contributed by atoms with Gasteiger partial charge in [-0.2, -0.15) is 0 Å². The minimum Gasteiger partial charge on any atom is -0.319 e. The molecule has 1 atom stereocenters. The van der Waals surface area contributed by atoms with E-state index in [1.165, 1.54) is 64.7 Å². The van der Waals surface area contributed by atoms with Gasteiger partial charge in [-0.1, -0.05) is 39.5 Å². The minimum absolute atomic E-state index is 0.885. The summed E-state index contributed by atoms with van der Waals surface area (Å²) in [5, 5.41) is 3.30. The Labute approximate surface area is 108 Å². The van der Waals surface area contributed by atoms with E-state index in [4.69, 9.17) is 0 Å². The predicted molar refractivity (Wildman–Crippen MR) is 76.4 cm³/mol. The fourth-order valence-corrected chi connectivity index (χ4v) is 2.81. The number of nitrogens with zero attached hydrogens (tertiary/aromatic N) is 1. The van der Waals surface area contributed by atoms with Crippen LogP contribution in [-0.4, -0.2) is 38.1 Å². The van der Waals surface area contributed by atoms with Crippen molar-refractivity contribution in [1.29, 1.82) is 0 Å². The molecule has 17 heavy (non-hydrogen) atoms. The minimum atomic E-state index is 0.885. The molecule has 2 heteroatoms. The van der Waals surface area contributed by atoms with Crippen LogP contribution in [0.4, 0.5) is 0 Å². The van der Waals surface area contributed by atoms with Crippen LogP contribution < -0.4 is 5.32 Å².